The molecular formula is C45H81NO9P+. The lowest BCUT2D eigenvalue weighted by molar-refractivity contribution is -0.870. The topological polar surface area (TPSA) is 129 Å². The predicted molar refractivity (Wildman–Crippen MR) is 230 cm³/mol. The zero-order chi connectivity index (χ0) is 41.4. The van der Waals surface area contributed by atoms with E-state index < -0.39 is 32.5 Å². The number of rotatable bonds is 39. The average molecular weight is 811 g/mol. The molecule has 0 fully saturated rings. The Kier molecular flexibility index (Phi) is 36.6. The Morgan fingerprint density at radius 3 is 1.61 bits per heavy atom. The fourth-order valence-corrected chi connectivity index (χ4v) is 6.13. The van der Waals surface area contributed by atoms with Crippen molar-refractivity contribution in [3.63, 3.8) is 0 Å². The standard InChI is InChI=1S/C45H80NO9P/c1-5-6-7-8-9-10-11-12-18-21-24-27-30-33-36-44(48)52-41-43(42-54-56(50,51)53-40-38-46(2,3)4)55-45(49)37-34-31-28-25-22-19-16-14-13-15-17-20-23-26-29-32-35-39-47/h11-13,15-16,19-20,23,25,28,43,47H,5-10,14,17-18,21-22,24,26-27,29-42H2,1-4H3/p+1/b12-11-,15-13-,19-16-,23-20-,28-25-. The van der Waals surface area contributed by atoms with Crippen LogP contribution in [0, 0.1) is 0 Å². The molecule has 0 aromatic rings. The van der Waals surface area contributed by atoms with E-state index in [1.807, 2.05) is 27.2 Å². The van der Waals surface area contributed by atoms with E-state index in [4.69, 9.17) is 23.6 Å². The van der Waals surface area contributed by atoms with Gasteiger partial charge in [-0.15, -0.1) is 0 Å². The molecule has 0 aromatic carbocycles. The highest BCUT2D eigenvalue weighted by atomic mass is 31.2. The third-order valence-corrected chi connectivity index (χ3v) is 9.81. The van der Waals surface area contributed by atoms with Crippen molar-refractivity contribution in [1.29, 1.82) is 0 Å². The van der Waals surface area contributed by atoms with Gasteiger partial charge < -0.3 is 24.0 Å². The smallest absolute Gasteiger partial charge is 0.462 e. The van der Waals surface area contributed by atoms with E-state index >= 15 is 0 Å². The number of esters is 2. The van der Waals surface area contributed by atoms with Gasteiger partial charge in [-0.1, -0.05) is 119 Å². The number of unbranched alkanes of at least 4 members (excludes halogenated alkanes) is 14. The molecule has 0 amide bonds. The number of allylic oxidation sites excluding steroid dienone is 10. The maximum Gasteiger partial charge on any atom is 0.472 e. The van der Waals surface area contributed by atoms with Gasteiger partial charge in [0, 0.05) is 19.4 Å². The molecule has 0 spiro atoms. The molecule has 11 heteroatoms. The van der Waals surface area contributed by atoms with Gasteiger partial charge in [-0.2, -0.15) is 0 Å². The van der Waals surface area contributed by atoms with Gasteiger partial charge >= 0.3 is 19.8 Å². The molecule has 2 atom stereocenters. The number of carbonyl (C=O) groups is 2. The summed E-state index contributed by atoms with van der Waals surface area (Å²) in [5.41, 5.74) is 0. The van der Waals surface area contributed by atoms with Crippen LogP contribution >= 0.6 is 7.82 Å². The van der Waals surface area contributed by atoms with Crippen molar-refractivity contribution in [1.82, 2.24) is 0 Å². The number of ether oxygens (including phenoxy) is 2. The number of phosphoric ester groups is 1. The molecule has 56 heavy (non-hydrogen) atoms. The molecule has 10 nitrogen and oxygen atoms in total. The van der Waals surface area contributed by atoms with Gasteiger partial charge in [0.1, 0.15) is 19.8 Å². The Bertz CT molecular complexity index is 1140. The number of hydrogen-bond acceptors (Lipinski definition) is 8. The Morgan fingerprint density at radius 2 is 1.05 bits per heavy atom. The van der Waals surface area contributed by atoms with E-state index in [-0.39, 0.29) is 32.7 Å². The van der Waals surface area contributed by atoms with Crippen molar-refractivity contribution >= 4 is 19.8 Å². The molecule has 0 aromatic heterocycles. The minimum Gasteiger partial charge on any atom is -0.462 e. The lowest BCUT2D eigenvalue weighted by Gasteiger charge is -2.24. The average Bonchev–Trinajstić information content (AvgIpc) is 3.15. The number of quaternary nitrogens is 1. The van der Waals surface area contributed by atoms with Crippen LogP contribution in [0.4, 0.5) is 0 Å². The summed E-state index contributed by atoms with van der Waals surface area (Å²) in [5, 5.41) is 8.80. The molecule has 0 saturated heterocycles. The molecular weight excluding hydrogens is 729 g/mol. The highest BCUT2D eigenvalue weighted by Crippen LogP contribution is 2.43. The fourth-order valence-electron chi connectivity index (χ4n) is 5.39. The van der Waals surface area contributed by atoms with Crippen LogP contribution in [0.3, 0.4) is 0 Å². The largest absolute Gasteiger partial charge is 0.472 e. The second-order valence-electron chi connectivity index (χ2n) is 15.4. The number of hydrogen-bond donors (Lipinski definition) is 2. The number of aliphatic hydroxyl groups is 1. The molecule has 0 aliphatic rings. The molecule has 2 unspecified atom stereocenters. The summed E-state index contributed by atoms with van der Waals surface area (Å²) < 4.78 is 34.2. The van der Waals surface area contributed by atoms with Gasteiger partial charge in [0.25, 0.3) is 0 Å². The van der Waals surface area contributed by atoms with Gasteiger partial charge in [0.15, 0.2) is 6.10 Å². The van der Waals surface area contributed by atoms with Crippen LogP contribution in [0.25, 0.3) is 0 Å². The fraction of sp³-hybridized carbons (Fsp3) is 0.733. The van der Waals surface area contributed by atoms with E-state index in [1.165, 1.54) is 38.5 Å². The quantitative estimate of drug-likeness (QED) is 0.0205. The third-order valence-electron chi connectivity index (χ3n) is 8.82. The van der Waals surface area contributed by atoms with Crippen molar-refractivity contribution in [3.8, 4) is 0 Å². The van der Waals surface area contributed by atoms with E-state index in [1.54, 1.807) is 0 Å². The van der Waals surface area contributed by atoms with Gasteiger partial charge in [0.05, 0.1) is 27.7 Å². The minimum absolute atomic E-state index is 0.0129. The Labute approximate surface area is 341 Å². The van der Waals surface area contributed by atoms with Gasteiger partial charge in [-0.05, 0) is 83.5 Å². The Morgan fingerprint density at radius 1 is 0.589 bits per heavy atom. The number of aliphatic hydroxyl groups excluding tert-OH is 1. The summed E-state index contributed by atoms with van der Waals surface area (Å²) >= 11 is 0. The van der Waals surface area contributed by atoms with Crippen molar-refractivity contribution in [2.24, 2.45) is 0 Å². The van der Waals surface area contributed by atoms with Crippen LogP contribution in [0.1, 0.15) is 155 Å². The van der Waals surface area contributed by atoms with Crippen molar-refractivity contribution in [2.75, 3.05) is 54.1 Å². The monoisotopic (exact) mass is 811 g/mol. The predicted octanol–water partition coefficient (Wildman–Crippen LogP) is 11.0. The summed E-state index contributed by atoms with van der Waals surface area (Å²) in [6, 6.07) is 0. The normalized spacial score (nSPS) is 14.2. The molecule has 0 aliphatic heterocycles. The molecule has 0 radical (unpaired) electrons. The summed E-state index contributed by atoms with van der Waals surface area (Å²) in [5.74, 6) is -0.893. The summed E-state index contributed by atoms with van der Waals surface area (Å²) in [7, 11) is 1.41. The van der Waals surface area contributed by atoms with E-state index in [2.05, 4.69) is 61.6 Å². The Hall–Kier alpha value is -2.33. The second-order valence-corrected chi connectivity index (χ2v) is 16.9. The number of nitrogens with zero attached hydrogens (tertiary/aromatic N) is 1. The van der Waals surface area contributed by atoms with Gasteiger partial charge in [-0.25, -0.2) is 4.57 Å². The van der Waals surface area contributed by atoms with E-state index in [9.17, 15) is 19.0 Å². The van der Waals surface area contributed by atoms with Crippen LogP contribution in [-0.4, -0.2) is 86.6 Å². The zero-order valence-corrected chi connectivity index (χ0v) is 36.7. The highest BCUT2D eigenvalue weighted by molar-refractivity contribution is 7.47. The maximum atomic E-state index is 12.7. The lowest BCUT2D eigenvalue weighted by atomic mass is 10.1. The summed E-state index contributed by atoms with van der Waals surface area (Å²) in [6.45, 7) is 2.32. The molecule has 2 N–H and O–H groups in total. The van der Waals surface area contributed by atoms with Gasteiger partial charge in [-0.3, -0.25) is 18.6 Å². The SMILES string of the molecule is CCCCCCC/C=C\CCCCCCCC(=O)OCC(COP(=O)(O)OCC[N+](C)(C)C)OC(=O)CCC/C=C\C/C=C\C/C=C\C/C=C\CCCCCO. The van der Waals surface area contributed by atoms with Crippen LogP contribution in [0.15, 0.2) is 60.8 Å². The minimum atomic E-state index is -4.40. The first-order valence-corrected chi connectivity index (χ1v) is 23.1. The Balaban J connectivity index is 4.49. The molecule has 0 aliphatic carbocycles. The summed E-state index contributed by atoms with van der Waals surface area (Å²) in [4.78, 5) is 35.3. The molecule has 0 saturated carbocycles. The first-order valence-electron chi connectivity index (χ1n) is 21.6. The molecule has 324 valence electrons. The summed E-state index contributed by atoms with van der Waals surface area (Å²) in [6.07, 6.45) is 42.9. The van der Waals surface area contributed by atoms with Crippen LogP contribution in [0.2, 0.25) is 0 Å². The van der Waals surface area contributed by atoms with Crippen molar-refractivity contribution < 1.29 is 47.2 Å². The highest BCUT2D eigenvalue weighted by Gasteiger charge is 2.27. The number of carbonyl (C=O) groups excluding carboxylic acids is 2. The van der Waals surface area contributed by atoms with Crippen LogP contribution in [0.5, 0.6) is 0 Å². The van der Waals surface area contributed by atoms with Crippen molar-refractivity contribution in [2.45, 2.75) is 161 Å². The molecule has 0 heterocycles. The van der Waals surface area contributed by atoms with Crippen LogP contribution < -0.4 is 0 Å². The first-order chi connectivity index (χ1) is 27.0. The van der Waals surface area contributed by atoms with Crippen molar-refractivity contribution in [3.05, 3.63) is 60.8 Å². The van der Waals surface area contributed by atoms with Crippen LogP contribution in [-0.2, 0) is 32.7 Å². The third kappa shape index (κ3) is 41.3. The lowest BCUT2D eigenvalue weighted by Crippen LogP contribution is -2.37. The molecule has 0 bridgehead atoms. The number of likely N-dealkylation sites (N-methyl/N-ethyl adjacent to an activating group) is 1. The maximum absolute atomic E-state index is 12.7. The van der Waals surface area contributed by atoms with Gasteiger partial charge in [0.2, 0.25) is 0 Å². The second kappa shape index (κ2) is 38.2. The number of phosphoric acid groups is 1. The zero-order valence-electron chi connectivity index (χ0n) is 35.8. The van der Waals surface area contributed by atoms with E-state index in [0.29, 0.717) is 30.3 Å². The first kappa shape index (κ1) is 53.7. The molecule has 0 rings (SSSR count). The van der Waals surface area contributed by atoms with E-state index in [0.717, 1.165) is 77.0 Å².